The van der Waals surface area contributed by atoms with E-state index in [2.05, 4.69) is 4.74 Å². The zero-order chi connectivity index (χ0) is 10.3. The average Bonchev–Trinajstić information content (AvgIpc) is 2.13. The normalized spacial score (nSPS) is 12.2. The number of ketones is 1. The van der Waals surface area contributed by atoms with Gasteiger partial charge in [0.15, 0.2) is 0 Å². The van der Waals surface area contributed by atoms with Crippen LogP contribution in [-0.2, 0) is 19.1 Å². The highest BCUT2D eigenvalue weighted by atomic mass is 16.5. The summed E-state index contributed by atoms with van der Waals surface area (Å²) < 4.78 is 9.24. The molecule has 0 spiro atoms. The molecule has 0 aromatic heterocycles. The van der Waals surface area contributed by atoms with Crippen LogP contribution in [0.5, 0.6) is 0 Å². The van der Waals surface area contributed by atoms with E-state index >= 15 is 0 Å². The van der Waals surface area contributed by atoms with Gasteiger partial charge in [-0.1, -0.05) is 6.92 Å². The molecule has 4 heteroatoms. The second kappa shape index (κ2) is 6.60. The molecule has 0 amide bonds. The Morgan fingerprint density at radius 3 is 2.31 bits per heavy atom. The van der Waals surface area contributed by atoms with Crippen molar-refractivity contribution >= 4 is 11.8 Å². The smallest absolute Gasteiger partial charge is 0.305 e. The zero-order valence-electron chi connectivity index (χ0n) is 8.33. The van der Waals surface area contributed by atoms with E-state index in [-0.39, 0.29) is 30.5 Å². The van der Waals surface area contributed by atoms with Gasteiger partial charge < -0.3 is 9.47 Å². The molecule has 76 valence electrons. The Balaban J connectivity index is 3.67. The third kappa shape index (κ3) is 5.36. The second-order valence-corrected chi connectivity index (χ2v) is 2.90. The molecule has 0 saturated carbocycles. The van der Waals surface area contributed by atoms with Crippen molar-refractivity contribution in [3.8, 4) is 0 Å². The van der Waals surface area contributed by atoms with Crippen molar-refractivity contribution in [2.45, 2.75) is 19.8 Å². The van der Waals surface area contributed by atoms with E-state index in [4.69, 9.17) is 4.74 Å². The van der Waals surface area contributed by atoms with Gasteiger partial charge in [-0.05, 0) is 0 Å². The maximum Gasteiger partial charge on any atom is 0.305 e. The number of methoxy groups -OCH3 is 2. The first-order chi connectivity index (χ1) is 6.11. The monoisotopic (exact) mass is 188 g/mol. The van der Waals surface area contributed by atoms with Gasteiger partial charge in [0, 0.05) is 19.4 Å². The van der Waals surface area contributed by atoms with Crippen LogP contribution in [0.1, 0.15) is 19.8 Å². The Labute approximate surface area is 78.2 Å². The number of carbonyl (C=O) groups is 2. The van der Waals surface area contributed by atoms with Gasteiger partial charge in [0.05, 0.1) is 20.1 Å². The Hall–Kier alpha value is -0.900. The standard InChI is InChI=1S/C9H16O4/c1-7(6-12-2)8(10)4-5-9(11)13-3/h7H,4-6H2,1-3H3. The zero-order valence-corrected chi connectivity index (χ0v) is 8.33. The van der Waals surface area contributed by atoms with Crippen LogP contribution in [0, 0.1) is 5.92 Å². The van der Waals surface area contributed by atoms with Gasteiger partial charge in [-0.2, -0.15) is 0 Å². The first kappa shape index (κ1) is 12.1. The van der Waals surface area contributed by atoms with Crippen molar-refractivity contribution < 1.29 is 19.1 Å². The van der Waals surface area contributed by atoms with Gasteiger partial charge >= 0.3 is 5.97 Å². The van der Waals surface area contributed by atoms with Crippen molar-refractivity contribution in [3.63, 3.8) is 0 Å². The molecule has 0 aliphatic heterocycles. The van der Waals surface area contributed by atoms with Crippen molar-refractivity contribution in [1.82, 2.24) is 0 Å². The van der Waals surface area contributed by atoms with Gasteiger partial charge in [0.25, 0.3) is 0 Å². The SMILES string of the molecule is COCC(C)C(=O)CCC(=O)OC. The van der Waals surface area contributed by atoms with E-state index in [1.807, 2.05) is 0 Å². The summed E-state index contributed by atoms with van der Waals surface area (Å²) in [5.74, 6) is -0.458. The van der Waals surface area contributed by atoms with Crippen molar-refractivity contribution in [2.75, 3.05) is 20.8 Å². The Morgan fingerprint density at radius 2 is 1.85 bits per heavy atom. The minimum Gasteiger partial charge on any atom is -0.469 e. The summed E-state index contributed by atoms with van der Waals surface area (Å²) in [7, 11) is 2.86. The molecule has 0 aromatic carbocycles. The predicted octanol–water partition coefficient (Wildman–Crippen LogP) is 0.791. The highest BCUT2D eigenvalue weighted by Crippen LogP contribution is 2.04. The fraction of sp³-hybridized carbons (Fsp3) is 0.778. The van der Waals surface area contributed by atoms with Crippen molar-refractivity contribution in [1.29, 1.82) is 0 Å². The number of carbonyl (C=O) groups excluding carboxylic acids is 2. The van der Waals surface area contributed by atoms with Crippen LogP contribution in [0.15, 0.2) is 0 Å². The predicted molar refractivity (Wildman–Crippen MR) is 47.3 cm³/mol. The van der Waals surface area contributed by atoms with Crippen LogP contribution >= 0.6 is 0 Å². The van der Waals surface area contributed by atoms with Crippen LogP contribution in [-0.4, -0.2) is 32.6 Å². The van der Waals surface area contributed by atoms with E-state index in [1.54, 1.807) is 14.0 Å². The molecule has 1 atom stereocenters. The molecule has 0 radical (unpaired) electrons. The first-order valence-electron chi connectivity index (χ1n) is 4.20. The number of esters is 1. The molecule has 0 N–H and O–H groups in total. The van der Waals surface area contributed by atoms with Crippen LogP contribution in [0.2, 0.25) is 0 Å². The Kier molecular flexibility index (Phi) is 6.14. The molecule has 13 heavy (non-hydrogen) atoms. The summed E-state index contributed by atoms with van der Waals surface area (Å²) in [5, 5.41) is 0. The molecule has 4 nitrogen and oxygen atoms in total. The summed E-state index contributed by atoms with van der Waals surface area (Å²) in [4.78, 5) is 22.0. The summed E-state index contributed by atoms with van der Waals surface area (Å²) in [6.45, 7) is 2.18. The quantitative estimate of drug-likeness (QED) is 0.578. The molecule has 0 fully saturated rings. The minimum absolute atomic E-state index is 0.0345. The lowest BCUT2D eigenvalue weighted by atomic mass is 10.0. The Morgan fingerprint density at radius 1 is 1.23 bits per heavy atom. The largest absolute Gasteiger partial charge is 0.469 e. The highest BCUT2D eigenvalue weighted by molar-refractivity contribution is 5.84. The summed E-state index contributed by atoms with van der Waals surface area (Å²) in [6, 6.07) is 0. The number of Topliss-reactive ketones (excluding diaryl/α,β-unsaturated/α-hetero) is 1. The number of hydrogen-bond acceptors (Lipinski definition) is 4. The molecular formula is C9H16O4. The van der Waals surface area contributed by atoms with E-state index in [9.17, 15) is 9.59 Å². The minimum atomic E-state index is -0.349. The lowest BCUT2D eigenvalue weighted by Crippen LogP contribution is -2.17. The second-order valence-electron chi connectivity index (χ2n) is 2.90. The molecule has 0 saturated heterocycles. The van der Waals surface area contributed by atoms with Gasteiger partial charge in [0.2, 0.25) is 0 Å². The fourth-order valence-corrected chi connectivity index (χ4v) is 0.917. The van der Waals surface area contributed by atoms with E-state index in [1.165, 1.54) is 7.11 Å². The van der Waals surface area contributed by atoms with E-state index < -0.39 is 0 Å². The average molecular weight is 188 g/mol. The molecule has 0 aromatic rings. The summed E-state index contributed by atoms with van der Waals surface area (Å²) >= 11 is 0. The van der Waals surface area contributed by atoms with Gasteiger partial charge in [-0.3, -0.25) is 9.59 Å². The fourth-order valence-electron chi connectivity index (χ4n) is 0.917. The van der Waals surface area contributed by atoms with Crippen LogP contribution < -0.4 is 0 Å². The van der Waals surface area contributed by atoms with Crippen molar-refractivity contribution in [3.05, 3.63) is 0 Å². The third-order valence-corrected chi connectivity index (χ3v) is 1.77. The first-order valence-corrected chi connectivity index (χ1v) is 4.20. The summed E-state index contributed by atoms with van der Waals surface area (Å²) in [6.07, 6.45) is 0.389. The van der Waals surface area contributed by atoms with Gasteiger partial charge in [0.1, 0.15) is 5.78 Å². The maximum absolute atomic E-state index is 11.3. The molecule has 0 heterocycles. The molecular weight excluding hydrogens is 172 g/mol. The van der Waals surface area contributed by atoms with Crippen molar-refractivity contribution in [2.24, 2.45) is 5.92 Å². The lowest BCUT2D eigenvalue weighted by Gasteiger charge is -2.07. The topological polar surface area (TPSA) is 52.6 Å². The van der Waals surface area contributed by atoms with Crippen LogP contribution in [0.3, 0.4) is 0 Å². The summed E-state index contributed by atoms with van der Waals surface area (Å²) in [5.41, 5.74) is 0. The van der Waals surface area contributed by atoms with Crippen LogP contribution in [0.25, 0.3) is 0 Å². The van der Waals surface area contributed by atoms with E-state index in [0.717, 1.165) is 0 Å². The number of hydrogen-bond donors (Lipinski definition) is 0. The molecule has 1 unspecified atom stereocenters. The van der Waals surface area contributed by atoms with Crippen LogP contribution in [0.4, 0.5) is 0 Å². The maximum atomic E-state index is 11.3. The molecule has 0 aliphatic rings. The number of rotatable bonds is 6. The molecule has 0 aliphatic carbocycles. The third-order valence-electron chi connectivity index (χ3n) is 1.77. The lowest BCUT2D eigenvalue weighted by molar-refractivity contribution is -0.142. The molecule has 0 bridgehead atoms. The molecule has 0 rings (SSSR count). The van der Waals surface area contributed by atoms with Gasteiger partial charge in [-0.15, -0.1) is 0 Å². The Bertz CT molecular complexity index is 176. The van der Waals surface area contributed by atoms with E-state index in [0.29, 0.717) is 6.61 Å². The number of ether oxygens (including phenoxy) is 2. The highest BCUT2D eigenvalue weighted by Gasteiger charge is 2.13. The van der Waals surface area contributed by atoms with Gasteiger partial charge in [-0.25, -0.2) is 0 Å².